The molecule has 0 aromatic heterocycles. The van der Waals surface area contributed by atoms with Gasteiger partial charge in [-0.3, -0.25) is 0 Å². The van der Waals surface area contributed by atoms with E-state index in [1.54, 1.807) is 0 Å². The van der Waals surface area contributed by atoms with Gasteiger partial charge in [0.2, 0.25) is 0 Å². The van der Waals surface area contributed by atoms with Gasteiger partial charge in [0.1, 0.15) is 17.2 Å². The Labute approximate surface area is 120 Å². The number of hydrogen-bond acceptors (Lipinski definition) is 3. The summed E-state index contributed by atoms with van der Waals surface area (Å²) >= 11 is 0. The average molecular weight is 297 g/mol. The average Bonchev–Trinajstić information content (AvgIpc) is 2.41. The molecule has 3 nitrogen and oxygen atoms in total. The van der Waals surface area contributed by atoms with Crippen LogP contribution in [0, 0.1) is 6.92 Å². The van der Waals surface area contributed by atoms with Gasteiger partial charge in [0.25, 0.3) is 0 Å². The topological polar surface area (TPSA) is 44.5 Å². The first kappa shape index (κ1) is 15.2. The van der Waals surface area contributed by atoms with E-state index in [2.05, 4.69) is 4.74 Å². The van der Waals surface area contributed by atoms with Gasteiger partial charge in [0.05, 0.1) is 0 Å². The summed E-state index contributed by atoms with van der Waals surface area (Å²) in [5.41, 5.74) is 7.36. The van der Waals surface area contributed by atoms with Crippen LogP contribution in [0.3, 0.4) is 0 Å². The molecule has 2 rings (SSSR count). The maximum atomic E-state index is 12.1. The van der Waals surface area contributed by atoms with E-state index in [-0.39, 0.29) is 5.75 Å². The van der Waals surface area contributed by atoms with Crippen LogP contribution >= 0.6 is 0 Å². The van der Waals surface area contributed by atoms with E-state index in [1.807, 2.05) is 25.1 Å². The highest BCUT2D eigenvalue weighted by Crippen LogP contribution is 2.31. The number of rotatable bonds is 4. The minimum absolute atomic E-state index is 0.293. The first-order valence-corrected chi connectivity index (χ1v) is 6.21. The van der Waals surface area contributed by atoms with Gasteiger partial charge < -0.3 is 15.2 Å². The molecule has 0 fully saturated rings. The van der Waals surface area contributed by atoms with Crippen molar-refractivity contribution in [2.45, 2.75) is 19.8 Å². The fourth-order valence-corrected chi connectivity index (χ4v) is 1.85. The molecule has 0 atom stereocenters. The minimum atomic E-state index is -4.70. The molecule has 2 aromatic carbocycles. The fourth-order valence-electron chi connectivity index (χ4n) is 1.85. The lowest BCUT2D eigenvalue weighted by molar-refractivity contribution is -0.274. The van der Waals surface area contributed by atoms with Crippen molar-refractivity contribution in [1.82, 2.24) is 0 Å². The van der Waals surface area contributed by atoms with Crippen molar-refractivity contribution in [2.24, 2.45) is 5.73 Å². The lowest BCUT2D eigenvalue weighted by atomic mass is 10.1. The van der Waals surface area contributed by atoms with E-state index >= 15 is 0 Å². The predicted molar refractivity (Wildman–Crippen MR) is 72.3 cm³/mol. The Morgan fingerprint density at radius 3 is 2.19 bits per heavy atom. The maximum Gasteiger partial charge on any atom is 0.573 e. The maximum absolute atomic E-state index is 12.1. The monoisotopic (exact) mass is 297 g/mol. The van der Waals surface area contributed by atoms with E-state index in [1.165, 1.54) is 24.3 Å². The van der Waals surface area contributed by atoms with Gasteiger partial charge in [-0.2, -0.15) is 0 Å². The molecule has 0 aliphatic rings. The highest BCUT2D eigenvalue weighted by molar-refractivity contribution is 5.44. The van der Waals surface area contributed by atoms with Crippen LogP contribution < -0.4 is 15.2 Å². The van der Waals surface area contributed by atoms with Crippen molar-refractivity contribution in [2.75, 3.05) is 0 Å². The molecule has 0 aliphatic carbocycles. The van der Waals surface area contributed by atoms with Gasteiger partial charge in [0, 0.05) is 12.1 Å². The third-order valence-electron chi connectivity index (χ3n) is 2.79. The molecule has 0 radical (unpaired) electrons. The van der Waals surface area contributed by atoms with E-state index in [0.717, 1.165) is 11.1 Å². The smallest absolute Gasteiger partial charge is 0.457 e. The Morgan fingerprint density at radius 1 is 1.00 bits per heavy atom. The summed E-state index contributed by atoms with van der Waals surface area (Å²) in [4.78, 5) is 0. The number of halogens is 3. The van der Waals surface area contributed by atoms with E-state index in [0.29, 0.717) is 18.0 Å². The van der Waals surface area contributed by atoms with Gasteiger partial charge in [-0.25, -0.2) is 0 Å². The van der Waals surface area contributed by atoms with Crippen LogP contribution in [0.1, 0.15) is 11.1 Å². The first-order valence-electron chi connectivity index (χ1n) is 6.21. The molecule has 0 spiro atoms. The van der Waals surface area contributed by atoms with Crippen LogP contribution in [-0.2, 0) is 6.54 Å². The molecule has 2 aromatic rings. The van der Waals surface area contributed by atoms with Crippen molar-refractivity contribution in [3.05, 3.63) is 53.6 Å². The third-order valence-corrected chi connectivity index (χ3v) is 2.79. The molecule has 21 heavy (non-hydrogen) atoms. The summed E-state index contributed by atoms with van der Waals surface area (Å²) in [6.45, 7) is 2.18. The molecule has 6 heteroatoms. The summed E-state index contributed by atoms with van der Waals surface area (Å²) in [6.07, 6.45) is -4.70. The minimum Gasteiger partial charge on any atom is -0.457 e. The van der Waals surface area contributed by atoms with Crippen LogP contribution in [0.2, 0.25) is 0 Å². The second-order valence-electron chi connectivity index (χ2n) is 4.39. The van der Waals surface area contributed by atoms with Gasteiger partial charge in [-0.1, -0.05) is 18.2 Å². The van der Waals surface area contributed by atoms with Gasteiger partial charge in [-0.15, -0.1) is 13.2 Å². The number of ether oxygens (including phenoxy) is 2. The molecular weight excluding hydrogens is 283 g/mol. The van der Waals surface area contributed by atoms with Crippen molar-refractivity contribution < 1.29 is 22.6 Å². The van der Waals surface area contributed by atoms with Crippen molar-refractivity contribution in [1.29, 1.82) is 0 Å². The van der Waals surface area contributed by atoms with Crippen molar-refractivity contribution in [3.63, 3.8) is 0 Å². The Hall–Kier alpha value is -2.21. The summed E-state index contributed by atoms with van der Waals surface area (Å²) in [7, 11) is 0. The SMILES string of the molecule is Cc1cccc(CN)c1Oc1ccc(OC(F)(F)F)cc1. The highest BCUT2D eigenvalue weighted by Gasteiger charge is 2.30. The van der Waals surface area contributed by atoms with Gasteiger partial charge >= 0.3 is 6.36 Å². The Morgan fingerprint density at radius 2 is 1.62 bits per heavy atom. The molecule has 0 aliphatic heterocycles. The zero-order chi connectivity index (χ0) is 15.5. The number of para-hydroxylation sites is 1. The Kier molecular flexibility index (Phi) is 4.37. The molecule has 2 N–H and O–H groups in total. The molecule has 112 valence electrons. The number of hydrogen-bond donors (Lipinski definition) is 1. The van der Waals surface area contributed by atoms with Crippen molar-refractivity contribution >= 4 is 0 Å². The van der Waals surface area contributed by atoms with Gasteiger partial charge in [-0.05, 0) is 36.8 Å². The Balaban J connectivity index is 2.18. The van der Waals surface area contributed by atoms with E-state index in [9.17, 15) is 13.2 Å². The number of alkyl halides is 3. The number of benzene rings is 2. The summed E-state index contributed by atoms with van der Waals surface area (Å²) in [5, 5.41) is 0. The second kappa shape index (κ2) is 6.05. The first-order chi connectivity index (χ1) is 9.89. The lowest BCUT2D eigenvalue weighted by Crippen LogP contribution is -2.16. The fraction of sp³-hybridized carbons (Fsp3) is 0.200. The molecule has 0 saturated heterocycles. The number of aryl methyl sites for hydroxylation is 1. The molecule has 0 heterocycles. The third kappa shape index (κ3) is 4.13. The van der Waals surface area contributed by atoms with Crippen molar-refractivity contribution in [3.8, 4) is 17.2 Å². The molecule has 0 bridgehead atoms. The van der Waals surface area contributed by atoms with Crippen LogP contribution in [0.5, 0.6) is 17.2 Å². The molecule has 0 unspecified atom stereocenters. The lowest BCUT2D eigenvalue weighted by Gasteiger charge is -2.13. The van der Waals surface area contributed by atoms with Crippen LogP contribution in [0.25, 0.3) is 0 Å². The number of nitrogens with two attached hydrogens (primary N) is 1. The second-order valence-corrected chi connectivity index (χ2v) is 4.39. The van der Waals surface area contributed by atoms with Crippen LogP contribution in [0.4, 0.5) is 13.2 Å². The van der Waals surface area contributed by atoms with Gasteiger partial charge in [0.15, 0.2) is 0 Å². The zero-order valence-corrected chi connectivity index (χ0v) is 11.3. The summed E-state index contributed by atoms with van der Waals surface area (Å²) < 4.78 is 45.7. The molecule has 0 amide bonds. The largest absolute Gasteiger partial charge is 0.573 e. The summed E-state index contributed by atoms with van der Waals surface area (Å²) in [5.74, 6) is 0.733. The normalized spacial score (nSPS) is 11.3. The van der Waals surface area contributed by atoms with Crippen LogP contribution in [-0.4, -0.2) is 6.36 Å². The highest BCUT2D eigenvalue weighted by atomic mass is 19.4. The predicted octanol–water partition coefficient (Wildman–Crippen LogP) is 4.14. The Bertz CT molecular complexity index is 609. The van der Waals surface area contributed by atoms with E-state index in [4.69, 9.17) is 10.5 Å². The standard InChI is InChI=1S/C15H14F3NO2/c1-10-3-2-4-11(9-19)14(10)20-12-5-7-13(8-6-12)21-15(16,17)18/h2-8H,9,19H2,1H3. The van der Waals surface area contributed by atoms with E-state index < -0.39 is 6.36 Å². The quantitative estimate of drug-likeness (QED) is 0.922. The van der Waals surface area contributed by atoms with Crippen LogP contribution in [0.15, 0.2) is 42.5 Å². The zero-order valence-electron chi connectivity index (χ0n) is 11.3. The molecule has 0 saturated carbocycles. The molecular formula is C15H14F3NO2. The summed E-state index contributed by atoms with van der Waals surface area (Å²) in [6, 6.07) is 10.8.